The zero-order valence-corrected chi connectivity index (χ0v) is 15.4. The van der Waals surface area contributed by atoms with Crippen molar-refractivity contribution < 1.29 is 19.4 Å². The minimum atomic E-state index is -0.932. The van der Waals surface area contributed by atoms with Gasteiger partial charge in [-0.15, -0.1) is 0 Å². The third-order valence-electron chi connectivity index (χ3n) is 4.06. The number of nitriles is 1. The van der Waals surface area contributed by atoms with Crippen LogP contribution in [-0.2, 0) is 0 Å². The van der Waals surface area contributed by atoms with Crippen LogP contribution < -0.4 is 9.47 Å². The van der Waals surface area contributed by atoms with Gasteiger partial charge in [0.15, 0.2) is 0 Å². The molecule has 0 saturated heterocycles. The number of carbonyl (C=O) groups is 1. The number of benzene rings is 2. The molecular weight excluding hydrogens is 399 g/mol. The standard InChI is InChI=1S/C19H12N2O4Se/c1-10-17(19(22)23)26-18(21-10)12-2-4-14(13(6-12)8-20)11-3-5-15-16(7-11)25-9-24-15/h2-7H,9H2,1H3,(H,22,23). The summed E-state index contributed by atoms with van der Waals surface area (Å²) in [6, 6.07) is 13.3. The molecule has 1 N–H and O–H groups in total. The van der Waals surface area contributed by atoms with Crippen molar-refractivity contribution >= 4 is 20.5 Å². The van der Waals surface area contributed by atoms with Gasteiger partial charge < -0.3 is 0 Å². The molecular formula is C19H12N2O4Se. The second-order valence-corrected chi connectivity index (χ2v) is 7.78. The molecule has 0 radical (unpaired) electrons. The molecule has 2 heterocycles. The molecule has 0 aliphatic carbocycles. The van der Waals surface area contributed by atoms with Crippen molar-refractivity contribution in [1.29, 1.82) is 5.26 Å². The fourth-order valence-electron chi connectivity index (χ4n) is 2.80. The van der Waals surface area contributed by atoms with E-state index in [-0.39, 0.29) is 21.3 Å². The number of ether oxygens (including phenoxy) is 2. The van der Waals surface area contributed by atoms with Crippen LogP contribution in [0, 0.1) is 18.3 Å². The predicted molar refractivity (Wildman–Crippen MR) is 94.6 cm³/mol. The molecule has 1 aromatic heterocycles. The first-order chi connectivity index (χ1) is 12.6. The molecule has 6 nitrogen and oxygen atoms in total. The predicted octanol–water partition coefficient (Wildman–Crippen LogP) is 3.08. The SMILES string of the molecule is Cc1nc(-c2ccc(-c3ccc4c(c3)OCO4)c(C#N)c2)[se]c1C(=O)O. The van der Waals surface area contributed by atoms with E-state index in [9.17, 15) is 15.2 Å². The summed E-state index contributed by atoms with van der Waals surface area (Å²) in [7, 11) is 0. The van der Waals surface area contributed by atoms with Gasteiger partial charge in [-0.1, -0.05) is 0 Å². The Balaban J connectivity index is 1.77. The first-order valence-electron chi connectivity index (χ1n) is 7.72. The van der Waals surface area contributed by atoms with Gasteiger partial charge in [0, 0.05) is 0 Å². The number of aryl methyl sites for hydroxylation is 1. The molecule has 7 heteroatoms. The summed E-state index contributed by atoms with van der Waals surface area (Å²) in [6.45, 7) is 1.90. The van der Waals surface area contributed by atoms with E-state index in [4.69, 9.17) is 9.47 Å². The Hall–Kier alpha value is -3.07. The molecule has 0 unspecified atom stereocenters. The third-order valence-corrected chi connectivity index (χ3v) is 6.57. The van der Waals surface area contributed by atoms with Gasteiger partial charge in [0.25, 0.3) is 0 Å². The number of rotatable bonds is 3. The maximum atomic E-state index is 11.3. The van der Waals surface area contributed by atoms with Crippen LogP contribution in [0.1, 0.15) is 20.5 Å². The molecule has 0 bridgehead atoms. The van der Waals surface area contributed by atoms with Gasteiger partial charge >= 0.3 is 155 Å². The molecule has 0 saturated carbocycles. The second kappa shape index (κ2) is 6.34. The maximum absolute atomic E-state index is 11.3. The van der Waals surface area contributed by atoms with Crippen LogP contribution in [0.15, 0.2) is 36.4 Å². The Bertz CT molecular complexity index is 1080. The Labute approximate surface area is 155 Å². The van der Waals surface area contributed by atoms with Crippen LogP contribution in [0.2, 0.25) is 0 Å². The first kappa shape index (κ1) is 16.4. The van der Waals surface area contributed by atoms with Crippen LogP contribution >= 0.6 is 0 Å². The Morgan fingerprint density at radius 3 is 2.69 bits per heavy atom. The second-order valence-electron chi connectivity index (χ2n) is 5.68. The van der Waals surface area contributed by atoms with E-state index < -0.39 is 5.97 Å². The van der Waals surface area contributed by atoms with Crippen LogP contribution in [-0.4, -0.2) is 37.4 Å². The molecule has 0 amide bonds. The van der Waals surface area contributed by atoms with Crippen molar-refractivity contribution in [3.05, 3.63) is 52.1 Å². The summed E-state index contributed by atoms with van der Waals surface area (Å²) in [5, 5.41) is 18.8. The topological polar surface area (TPSA) is 92.4 Å². The van der Waals surface area contributed by atoms with Gasteiger partial charge in [0.1, 0.15) is 0 Å². The van der Waals surface area contributed by atoms with E-state index in [1.54, 1.807) is 13.0 Å². The molecule has 128 valence electrons. The molecule has 4 rings (SSSR count). The van der Waals surface area contributed by atoms with Gasteiger partial charge in [-0.05, 0) is 0 Å². The third kappa shape index (κ3) is 2.76. The Kier molecular flexibility index (Phi) is 4.00. The quantitative estimate of drug-likeness (QED) is 0.666. The van der Waals surface area contributed by atoms with Gasteiger partial charge in [-0.3, -0.25) is 0 Å². The average Bonchev–Trinajstić information content (AvgIpc) is 3.26. The van der Waals surface area contributed by atoms with Crippen LogP contribution in [0.25, 0.3) is 21.3 Å². The van der Waals surface area contributed by atoms with Gasteiger partial charge in [-0.25, -0.2) is 0 Å². The number of carboxylic acid groups (broad SMARTS) is 1. The van der Waals surface area contributed by atoms with Crippen molar-refractivity contribution in [1.82, 2.24) is 4.98 Å². The van der Waals surface area contributed by atoms with E-state index in [1.807, 2.05) is 30.3 Å². The molecule has 1 aliphatic heterocycles. The zero-order valence-electron chi connectivity index (χ0n) is 13.6. The summed E-state index contributed by atoms with van der Waals surface area (Å²) in [5.74, 6) is 0.415. The van der Waals surface area contributed by atoms with E-state index in [0.717, 1.165) is 21.3 Å². The fraction of sp³-hybridized carbons (Fsp3) is 0.105. The van der Waals surface area contributed by atoms with Crippen molar-refractivity contribution in [3.8, 4) is 38.8 Å². The monoisotopic (exact) mass is 412 g/mol. The molecule has 1 aliphatic rings. The minimum absolute atomic E-state index is 0.197. The van der Waals surface area contributed by atoms with Gasteiger partial charge in [0.2, 0.25) is 0 Å². The fourth-order valence-corrected chi connectivity index (χ4v) is 4.70. The van der Waals surface area contributed by atoms with E-state index in [0.29, 0.717) is 27.2 Å². The normalized spacial score (nSPS) is 12.0. The Morgan fingerprint density at radius 2 is 1.96 bits per heavy atom. The summed E-state index contributed by atoms with van der Waals surface area (Å²) in [4.78, 5) is 15.6. The average molecular weight is 411 g/mol. The summed E-state index contributed by atoms with van der Waals surface area (Å²) in [5.41, 5.74) is 3.45. The molecule has 2 aromatic carbocycles. The van der Waals surface area contributed by atoms with Crippen molar-refractivity contribution in [3.63, 3.8) is 0 Å². The van der Waals surface area contributed by atoms with Crippen LogP contribution in [0.4, 0.5) is 0 Å². The van der Waals surface area contributed by atoms with Crippen LogP contribution in [0.3, 0.4) is 0 Å². The molecule has 0 fully saturated rings. The van der Waals surface area contributed by atoms with E-state index in [2.05, 4.69) is 11.1 Å². The summed E-state index contributed by atoms with van der Waals surface area (Å²) < 4.78 is 11.8. The zero-order chi connectivity index (χ0) is 18.3. The molecule has 26 heavy (non-hydrogen) atoms. The summed E-state index contributed by atoms with van der Waals surface area (Å²) in [6.07, 6.45) is 0. The number of fused-ring (bicyclic) bond motifs is 1. The number of hydrogen-bond donors (Lipinski definition) is 1. The van der Waals surface area contributed by atoms with E-state index >= 15 is 0 Å². The first-order valence-corrected chi connectivity index (χ1v) is 9.43. The van der Waals surface area contributed by atoms with Crippen molar-refractivity contribution in [2.75, 3.05) is 6.79 Å². The summed E-state index contributed by atoms with van der Waals surface area (Å²) >= 11 is -0.372. The number of hydrogen-bond acceptors (Lipinski definition) is 5. The van der Waals surface area contributed by atoms with Gasteiger partial charge in [-0.2, -0.15) is 0 Å². The van der Waals surface area contributed by atoms with Gasteiger partial charge in [0.05, 0.1) is 0 Å². The molecule has 0 atom stereocenters. The number of aromatic nitrogens is 1. The Morgan fingerprint density at radius 1 is 1.19 bits per heavy atom. The number of nitrogens with zero attached hydrogens (tertiary/aromatic N) is 2. The number of aromatic carboxylic acids is 1. The van der Waals surface area contributed by atoms with Crippen molar-refractivity contribution in [2.45, 2.75) is 6.92 Å². The molecule has 3 aromatic rings. The number of carboxylic acids is 1. The van der Waals surface area contributed by atoms with Crippen molar-refractivity contribution in [2.24, 2.45) is 0 Å². The molecule has 0 spiro atoms. The van der Waals surface area contributed by atoms with Crippen LogP contribution in [0.5, 0.6) is 11.5 Å². The van der Waals surface area contributed by atoms with E-state index in [1.165, 1.54) is 0 Å².